The predicted octanol–water partition coefficient (Wildman–Crippen LogP) is 3.86. The molecule has 1 N–H and O–H groups in total. The maximum atomic E-state index is 12.9. The van der Waals surface area contributed by atoms with Crippen molar-refractivity contribution in [3.05, 3.63) is 64.7 Å². The van der Waals surface area contributed by atoms with Crippen molar-refractivity contribution in [2.75, 3.05) is 13.7 Å². The zero-order chi connectivity index (χ0) is 21.7. The van der Waals surface area contributed by atoms with Crippen LogP contribution >= 0.6 is 0 Å². The van der Waals surface area contributed by atoms with E-state index in [1.54, 1.807) is 24.3 Å². The third-order valence-corrected chi connectivity index (χ3v) is 5.54. The van der Waals surface area contributed by atoms with Gasteiger partial charge < -0.3 is 10.1 Å². The molecule has 0 radical (unpaired) electrons. The Morgan fingerprint density at radius 2 is 1.93 bits per heavy atom. The van der Waals surface area contributed by atoms with Crippen LogP contribution in [-0.2, 0) is 11.3 Å². The number of hydrogen-bond donors (Lipinski definition) is 1. The molecular weight excluding hydrogens is 378 g/mol. The first-order chi connectivity index (χ1) is 14.4. The molecule has 2 aromatic rings. The minimum absolute atomic E-state index is 0.00126. The number of carbonyl (C=O) groups excluding carboxylic acids is 2. The van der Waals surface area contributed by atoms with Gasteiger partial charge in [0.25, 0.3) is 11.8 Å². The number of nitrogens with one attached hydrogen (secondary N) is 1. The van der Waals surface area contributed by atoms with Gasteiger partial charge in [-0.3, -0.25) is 9.59 Å². The van der Waals surface area contributed by atoms with Gasteiger partial charge >= 0.3 is 0 Å². The molecule has 30 heavy (non-hydrogen) atoms. The Balaban J connectivity index is 1.60. The highest BCUT2D eigenvalue weighted by Gasteiger charge is 2.34. The molecule has 0 saturated heterocycles. The normalized spacial score (nSPS) is 15.9. The minimum Gasteiger partial charge on any atom is -0.496 e. The van der Waals surface area contributed by atoms with Gasteiger partial charge in [0.05, 0.1) is 25.3 Å². The van der Waals surface area contributed by atoms with E-state index in [0.29, 0.717) is 37.2 Å². The van der Waals surface area contributed by atoms with Gasteiger partial charge in [0.2, 0.25) is 0 Å². The van der Waals surface area contributed by atoms with Crippen molar-refractivity contribution in [2.24, 2.45) is 11.0 Å². The van der Waals surface area contributed by atoms with Gasteiger partial charge in [-0.05, 0) is 55.5 Å². The first-order valence-electron chi connectivity index (χ1n) is 10.3. The summed E-state index contributed by atoms with van der Waals surface area (Å²) in [6.45, 7) is 6.85. The molecule has 0 aromatic heterocycles. The maximum absolute atomic E-state index is 12.9. The zero-order valence-electron chi connectivity index (χ0n) is 18.1. The van der Waals surface area contributed by atoms with Crippen LogP contribution < -0.4 is 10.1 Å². The van der Waals surface area contributed by atoms with Crippen LogP contribution in [0, 0.1) is 19.8 Å². The summed E-state index contributed by atoms with van der Waals surface area (Å²) >= 11 is 0. The maximum Gasteiger partial charge on any atom is 0.251 e. The van der Waals surface area contributed by atoms with Crippen LogP contribution in [0.4, 0.5) is 0 Å². The van der Waals surface area contributed by atoms with E-state index < -0.39 is 0 Å². The largest absolute Gasteiger partial charge is 0.496 e. The molecule has 1 aliphatic heterocycles. The summed E-state index contributed by atoms with van der Waals surface area (Å²) in [5.74, 6) is 0.222. The van der Waals surface area contributed by atoms with E-state index in [2.05, 4.69) is 10.4 Å². The van der Waals surface area contributed by atoms with Gasteiger partial charge in [0.1, 0.15) is 5.75 Å². The van der Waals surface area contributed by atoms with Crippen molar-refractivity contribution < 1.29 is 14.3 Å². The lowest BCUT2D eigenvalue weighted by atomic mass is 9.97. The Kier molecular flexibility index (Phi) is 6.87. The summed E-state index contributed by atoms with van der Waals surface area (Å²) in [6, 6.07) is 13.4. The number of aryl methyl sites for hydroxylation is 2. The molecule has 6 heteroatoms. The van der Waals surface area contributed by atoms with Gasteiger partial charge in [-0.1, -0.05) is 37.3 Å². The van der Waals surface area contributed by atoms with Crippen LogP contribution in [0.25, 0.3) is 0 Å². The summed E-state index contributed by atoms with van der Waals surface area (Å²) in [7, 11) is 1.59. The van der Waals surface area contributed by atoms with Gasteiger partial charge in [-0.15, -0.1) is 0 Å². The van der Waals surface area contributed by atoms with Crippen LogP contribution in [-0.4, -0.2) is 36.2 Å². The van der Waals surface area contributed by atoms with Crippen molar-refractivity contribution >= 4 is 17.5 Å². The van der Waals surface area contributed by atoms with Crippen LogP contribution in [0.2, 0.25) is 0 Å². The Bertz CT molecular complexity index is 968. The number of rotatable bonds is 8. The highest BCUT2D eigenvalue weighted by atomic mass is 16.5. The number of carbonyl (C=O) groups is 2. The molecule has 158 valence electrons. The SMILES string of the molecule is CCC1=NN(Cc2ccccc2C)C(=O)C1CCNC(=O)c1ccc(C)c(OC)c1. The van der Waals surface area contributed by atoms with E-state index in [1.165, 1.54) is 0 Å². The second kappa shape index (κ2) is 9.57. The Morgan fingerprint density at radius 3 is 2.63 bits per heavy atom. The van der Waals surface area contributed by atoms with Crippen molar-refractivity contribution in [3.63, 3.8) is 0 Å². The lowest BCUT2D eigenvalue weighted by Gasteiger charge is -2.16. The zero-order valence-corrected chi connectivity index (χ0v) is 18.1. The Morgan fingerprint density at radius 1 is 1.17 bits per heavy atom. The first kappa shape index (κ1) is 21.6. The molecule has 1 aliphatic rings. The van der Waals surface area contributed by atoms with Crippen LogP contribution in [0.15, 0.2) is 47.6 Å². The lowest BCUT2D eigenvalue weighted by Crippen LogP contribution is -2.32. The number of hydrogen-bond acceptors (Lipinski definition) is 4. The molecular formula is C24H29N3O3. The van der Waals surface area contributed by atoms with Crippen LogP contribution in [0.3, 0.4) is 0 Å². The van der Waals surface area contributed by atoms with Gasteiger partial charge in [0, 0.05) is 12.1 Å². The van der Waals surface area contributed by atoms with E-state index in [9.17, 15) is 9.59 Å². The summed E-state index contributed by atoms with van der Waals surface area (Å²) in [5.41, 5.74) is 4.62. The predicted molar refractivity (Wildman–Crippen MR) is 118 cm³/mol. The lowest BCUT2D eigenvalue weighted by molar-refractivity contribution is -0.132. The fourth-order valence-electron chi connectivity index (χ4n) is 3.66. The van der Waals surface area contributed by atoms with E-state index in [-0.39, 0.29) is 17.7 Å². The molecule has 2 amide bonds. The molecule has 0 saturated carbocycles. The quantitative estimate of drug-likeness (QED) is 0.722. The Hall–Kier alpha value is -3.15. The molecule has 3 rings (SSSR count). The topological polar surface area (TPSA) is 71.0 Å². The Labute approximate surface area is 177 Å². The van der Waals surface area contributed by atoms with Crippen molar-refractivity contribution in [2.45, 2.75) is 40.2 Å². The molecule has 1 unspecified atom stereocenters. The fraction of sp³-hybridized carbons (Fsp3) is 0.375. The number of methoxy groups -OCH3 is 1. The summed E-state index contributed by atoms with van der Waals surface area (Å²) in [4.78, 5) is 25.4. The molecule has 6 nitrogen and oxygen atoms in total. The molecule has 0 spiro atoms. The number of nitrogens with zero attached hydrogens (tertiary/aromatic N) is 2. The van der Waals surface area contributed by atoms with Crippen molar-refractivity contribution in [3.8, 4) is 5.75 Å². The van der Waals surface area contributed by atoms with E-state index in [0.717, 1.165) is 22.4 Å². The highest BCUT2D eigenvalue weighted by Crippen LogP contribution is 2.24. The molecule has 2 aromatic carbocycles. The number of amides is 2. The second-order valence-electron chi connectivity index (χ2n) is 7.55. The van der Waals surface area contributed by atoms with Gasteiger partial charge in [0.15, 0.2) is 0 Å². The third-order valence-electron chi connectivity index (χ3n) is 5.54. The van der Waals surface area contributed by atoms with Crippen molar-refractivity contribution in [1.29, 1.82) is 0 Å². The minimum atomic E-state index is -0.285. The second-order valence-corrected chi connectivity index (χ2v) is 7.55. The number of benzene rings is 2. The van der Waals surface area contributed by atoms with E-state index in [1.807, 2.05) is 51.1 Å². The average Bonchev–Trinajstić information content (AvgIpc) is 3.04. The van der Waals surface area contributed by atoms with Crippen LogP contribution in [0.5, 0.6) is 5.75 Å². The molecule has 1 heterocycles. The summed E-state index contributed by atoms with van der Waals surface area (Å²) in [5, 5.41) is 9.05. The smallest absolute Gasteiger partial charge is 0.251 e. The average molecular weight is 408 g/mol. The van der Waals surface area contributed by atoms with E-state index in [4.69, 9.17) is 4.74 Å². The van der Waals surface area contributed by atoms with Gasteiger partial charge in [-0.2, -0.15) is 5.10 Å². The standard InChI is InChI=1S/C24H29N3O3/c1-5-21-20(24(29)27(26-21)15-19-9-7-6-8-16(19)2)12-13-25-23(28)18-11-10-17(3)22(14-18)30-4/h6-11,14,20H,5,12-13,15H2,1-4H3,(H,25,28). The number of ether oxygens (including phenoxy) is 1. The summed E-state index contributed by atoms with van der Waals surface area (Å²) < 4.78 is 5.29. The number of hydrazone groups is 1. The van der Waals surface area contributed by atoms with Gasteiger partial charge in [-0.25, -0.2) is 5.01 Å². The summed E-state index contributed by atoms with van der Waals surface area (Å²) in [6.07, 6.45) is 1.24. The fourth-order valence-corrected chi connectivity index (χ4v) is 3.66. The third kappa shape index (κ3) is 4.70. The van der Waals surface area contributed by atoms with E-state index >= 15 is 0 Å². The molecule has 0 fully saturated rings. The molecule has 0 aliphatic carbocycles. The first-order valence-corrected chi connectivity index (χ1v) is 10.3. The monoisotopic (exact) mass is 407 g/mol. The van der Waals surface area contributed by atoms with Crippen molar-refractivity contribution in [1.82, 2.24) is 10.3 Å². The molecule has 0 bridgehead atoms. The highest BCUT2D eigenvalue weighted by molar-refractivity contribution is 6.07. The van der Waals surface area contributed by atoms with Crippen LogP contribution in [0.1, 0.15) is 46.8 Å². The molecule has 1 atom stereocenters.